The van der Waals surface area contributed by atoms with Crippen LogP contribution in [0.15, 0.2) is 15.7 Å². The molecule has 0 spiro atoms. The van der Waals surface area contributed by atoms with Crippen molar-refractivity contribution in [2.24, 2.45) is 10.8 Å². The van der Waals surface area contributed by atoms with Crippen molar-refractivity contribution in [3.63, 3.8) is 0 Å². The van der Waals surface area contributed by atoms with Crippen LogP contribution in [0.1, 0.15) is 87.1 Å². The van der Waals surface area contributed by atoms with Crippen LogP contribution >= 0.6 is 0 Å². The smallest absolute Gasteiger partial charge is 0.327 e. The van der Waals surface area contributed by atoms with E-state index in [1.165, 1.54) is 44.9 Å². The monoisotopic (exact) mass is 306 g/mol. The molecule has 0 aliphatic heterocycles. The number of carbonyl (C=O) groups is 1. The normalized spacial score (nSPS) is 18.9. The van der Waals surface area contributed by atoms with Gasteiger partial charge in [-0.05, 0) is 19.8 Å². The zero-order valence-electron chi connectivity index (χ0n) is 13.3. The van der Waals surface area contributed by atoms with E-state index in [0.717, 1.165) is 18.6 Å². The van der Waals surface area contributed by atoms with E-state index in [1.807, 2.05) is 0 Å². The van der Waals surface area contributed by atoms with Crippen molar-refractivity contribution in [1.82, 2.24) is 10.4 Å². The zero-order chi connectivity index (χ0) is 15.8. The van der Waals surface area contributed by atoms with E-state index in [2.05, 4.69) is 15.5 Å². The van der Waals surface area contributed by atoms with Gasteiger partial charge in [0.2, 0.25) is 0 Å². The molecule has 1 heterocycles. The average molecular weight is 306 g/mol. The fourth-order valence-electron chi connectivity index (χ4n) is 2.86. The van der Waals surface area contributed by atoms with Gasteiger partial charge in [0.15, 0.2) is 0 Å². The van der Waals surface area contributed by atoms with E-state index in [0.29, 0.717) is 5.92 Å². The Morgan fingerprint density at radius 2 is 1.82 bits per heavy atom. The molecule has 6 nitrogen and oxygen atoms in total. The summed E-state index contributed by atoms with van der Waals surface area (Å²) in [5.41, 5.74) is 7.71. The zero-order valence-corrected chi connectivity index (χ0v) is 13.3. The molecule has 1 aromatic heterocycles. The molecule has 0 aromatic carbocycles. The van der Waals surface area contributed by atoms with Crippen LogP contribution < -0.4 is 11.2 Å². The molecule has 1 saturated carbocycles. The minimum absolute atomic E-state index is 0.0529. The molecule has 1 fully saturated rings. The van der Waals surface area contributed by atoms with Crippen molar-refractivity contribution < 1.29 is 9.21 Å². The van der Waals surface area contributed by atoms with Gasteiger partial charge in [0.05, 0.1) is 6.20 Å². The summed E-state index contributed by atoms with van der Waals surface area (Å²) in [6.45, 7) is 1.60. The summed E-state index contributed by atoms with van der Waals surface area (Å²) >= 11 is 0. The number of aromatic nitrogens is 1. The first-order valence-corrected chi connectivity index (χ1v) is 8.22. The van der Waals surface area contributed by atoms with E-state index >= 15 is 0 Å². The quantitative estimate of drug-likeness (QED) is 0.509. The largest absolute Gasteiger partial charge is 0.437 e. The van der Waals surface area contributed by atoms with Gasteiger partial charge in [-0.3, -0.25) is 4.79 Å². The molecule has 2 rings (SSSR count). The van der Waals surface area contributed by atoms with Crippen LogP contribution in [-0.2, 0) is 0 Å². The first kappa shape index (κ1) is 16.5. The summed E-state index contributed by atoms with van der Waals surface area (Å²) in [6.07, 6.45) is 12.9. The third-order valence-corrected chi connectivity index (χ3v) is 4.06. The number of nitrogens with two attached hydrogens (primary N) is 1. The minimum atomic E-state index is -0.462. The number of nitrogens with one attached hydrogen (secondary N) is 1. The van der Waals surface area contributed by atoms with Gasteiger partial charge in [-0.1, -0.05) is 44.9 Å². The second-order valence-corrected chi connectivity index (χ2v) is 6.01. The van der Waals surface area contributed by atoms with Crippen LogP contribution in [0.3, 0.4) is 0 Å². The molecule has 0 radical (unpaired) electrons. The lowest BCUT2D eigenvalue weighted by atomic mass is 9.91. The molecule has 1 amide bonds. The first-order chi connectivity index (χ1) is 10.7. The molecule has 6 heteroatoms. The third kappa shape index (κ3) is 5.16. The highest BCUT2D eigenvalue weighted by Gasteiger charge is 2.20. The number of amides is 1. The Hall–Kier alpha value is -1.85. The summed E-state index contributed by atoms with van der Waals surface area (Å²) in [6, 6.07) is 0. The average Bonchev–Trinajstić information content (AvgIpc) is 3.00. The first-order valence-electron chi connectivity index (χ1n) is 8.22. The maximum absolute atomic E-state index is 11.8. The third-order valence-electron chi connectivity index (χ3n) is 4.06. The molecule has 3 N–H and O–H groups in total. The molecule has 1 aliphatic rings. The number of amidine groups is 1. The lowest BCUT2D eigenvalue weighted by molar-refractivity contribution is 0.0917. The van der Waals surface area contributed by atoms with Crippen molar-refractivity contribution in [3.8, 4) is 0 Å². The van der Waals surface area contributed by atoms with Crippen molar-refractivity contribution in [2.45, 2.75) is 70.6 Å². The van der Waals surface area contributed by atoms with Crippen molar-refractivity contribution >= 4 is 11.7 Å². The number of hydrazone groups is 1. The highest BCUT2D eigenvalue weighted by Crippen LogP contribution is 2.30. The van der Waals surface area contributed by atoms with E-state index in [9.17, 15) is 4.79 Å². The van der Waals surface area contributed by atoms with E-state index in [1.54, 1.807) is 13.1 Å². The van der Waals surface area contributed by atoms with Crippen molar-refractivity contribution in [1.29, 1.82) is 0 Å². The summed E-state index contributed by atoms with van der Waals surface area (Å²) in [5, 5.41) is 3.67. The van der Waals surface area contributed by atoms with Crippen LogP contribution in [-0.4, -0.2) is 16.7 Å². The fourth-order valence-corrected chi connectivity index (χ4v) is 2.86. The summed E-state index contributed by atoms with van der Waals surface area (Å²) < 4.78 is 5.65. The maximum Gasteiger partial charge on any atom is 0.327 e. The molecule has 1 aromatic rings. The Kier molecular flexibility index (Phi) is 6.43. The number of nitrogens with zero attached hydrogens (tertiary/aromatic N) is 2. The summed E-state index contributed by atoms with van der Waals surface area (Å²) in [7, 11) is 0. The van der Waals surface area contributed by atoms with Gasteiger partial charge in [-0.25, -0.2) is 10.4 Å². The van der Waals surface area contributed by atoms with E-state index in [-0.39, 0.29) is 11.7 Å². The second-order valence-electron chi connectivity index (χ2n) is 6.01. The lowest BCUT2D eigenvalue weighted by Gasteiger charge is -2.15. The number of rotatable bonds is 3. The number of oxazole rings is 1. The summed E-state index contributed by atoms with van der Waals surface area (Å²) in [4.78, 5) is 15.9. The van der Waals surface area contributed by atoms with Gasteiger partial charge in [0.1, 0.15) is 11.6 Å². The van der Waals surface area contributed by atoms with Crippen LogP contribution in [0.2, 0.25) is 0 Å². The molecule has 0 bridgehead atoms. The highest BCUT2D eigenvalue weighted by molar-refractivity contribution is 5.90. The van der Waals surface area contributed by atoms with Gasteiger partial charge in [-0.15, -0.1) is 0 Å². The summed E-state index contributed by atoms with van der Waals surface area (Å²) in [5.74, 6) is 1.06. The maximum atomic E-state index is 11.8. The Balaban J connectivity index is 1.98. The highest BCUT2D eigenvalue weighted by atomic mass is 16.4. The topological polar surface area (TPSA) is 93.5 Å². The molecule has 0 unspecified atom stereocenters. The molecule has 22 heavy (non-hydrogen) atoms. The van der Waals surface area contributed by atoms with Gasteiger partial charge >= 0.3 is 5.91 Å². The number of hydrogen-bond acceptors (Lipinski definition) is 4. The van der Waals surface area contributed by atoms with Gasteiger partial charge in [0.25, 0.3) is 5.89 Å². The number of carbonyl (C=O) groups excluding carboxylic acids is 1. The van der Waals surface area contributed by atoms with Crippen LogP contribution in [0.5, 0.6) is 0 Å². The SMILES string of the molecule is CC(N)=NNC(=O)c1ncc(C2CCCCCCCCC2)o1. The predicted molar refractivity (Wildman–Crippen MR) is 85.6 cm³/mol. The molecule has 0 saturated heterocycles. The van der Waals surface area contributed by atoms with Gasteiger partial charge in [0, 0.05) is 5.92 Å². The van der Waals surface area contributed by atoms with Crippen molar-refractivity contribution in [3.05, 3.63) is 17.8 Å². The minimum Gasteiger partial charge on any atom is -0.437 e. The van der Waals surface area contributed by atoms with E-state index in [4.69, 9.17) is 10.2 Å². The Bertz CT molecular complexity index is 496. The van der Waals surface area contributed by atoms with Gasteiger partial charge < -0.3 is 10.2 Å². The molecule has 1 aliphatic carbocycles. The Morgan fingerprint density at radius 3 is 2.41 bits per heavy atom. The predicted octanol–water partition coefficient (Wildman–Crippen LogP) is 3.30. The Morgan fingerprint density at radius 1 is 1.23 bits per heavy atom. The Labute approximate surface area is 131 Å². The molecule has 122 valence electrons. The number of hydrogen-bond donors (Lipinski definition) is 2. The van der Waals surface area contributed by atoms with Crippen molar-refractivity contribution in [2.75, 3.05) is 0 Å². The standard InChI is InChI=1S/C16H26N4O2/c1-12(17)19-20-15(21)16-18-11-14(22-16)13-9-7-5-3-2-4-6-8-10-13/h11,13H,2-10H2,1H3,(H2,17,19)(H,20,21). The van der Waals surface area contributed by atoms with Gasteiger partial charge in [-0.2, -0.15) is 5.10 Å². The second kappa shape index (κ2) is 8.56. The van der Waals surface area contributed by atoms with E-state index < -0.39 is 5.91 Å². The van der Waals surface area contributed by atoms with Crippen LogP contribution in [0.4, 0.5) is 0 Å². The van der Waals surface area contributed by atoms with Crippen LogP contribution in [0.25, 0.3) is 0 Å². The molecular weight excluding hydrogens is 280 g/mol. The lowest BCUT2D eigenvalue weighted by Crippen LogP contribution is -2.21. The van der Waals surface area contributed by atoms with Crippen LogP contribution in [0, 0.1) is 0 Å². The fraction of sp³-hybridized carbons (Fsp3) is 0.688. The molecule has 0 atom stereocenters. The molecular formula is C16H26N4O2.